The number of carbonyl (C=O) groups excluding carboxylic acids is 1. The van der Waals surface area contributed by atoms with Crippen LogP contribution in [0.15, 0.2) is 0 Å². The van der Waals surface area contributed by atoms with Crippen LogP contribution < -0.4 is 15.4 Å². The van der Waals surface area contributed by atoms with Crippen molar-refractivity contribution >= 4 is 28.3 Å². The Morgan fingerprint density at radius 2 is 2.09 bits per heavy atom. The highest BCUT2D eigenvalue weighted by Gasteiger charge is 2.32. The van der Waals surface area contributed by atoms with Gasteiger partial charge in [0.25, 0.3) is 0 Å². The lowest BCUT2D eigenvalue weighted by atomic mass is 10.0. The molecular formula is C13H26ClN3O4S. The first-order valence-corrected chi connectivity index (χ1v) is 9.36. The highest BCUT2D eigenvalue weighted by molar-refractivity contribution is 7.88. The van der Waals surface area contributed by atoms with Crippen LogP contribution in [0.4, 0.5) is 0 Å². The van der Waals surface area contributed by atoms with Gasteiger partial charge >= 0.3 is 0 Å². The van der Waals surface area contributed by atoms with Crippen LogP contribution in [-0.2, 0) is 19.6 Å². The highest BCUT2D eigenvalue weighted by atomic mass is 35.5. The van der Waals surface area contributed by atoms with Crippen molar-refractivity contribution in [1.82, 2.24) is 15.4 Å². The van der Waals surface area contributed by atoms with Crippen LogP contribution in [0.3, 0.4) is 0 Å². The molecule has 7 nitrogen and oxygen atoms in total. The largest absolute Gasteiger partial charge is 0.375 e. The van der Waals surface area contributed by atoms with Crippen molar-refractivity contribution in [3.63, 3.8) is 0 Å². The number of hydrogen-bond donors (Lipinski definition) is 3. The van der Waals surface area contributed by atoms with Crippen LogP contribution in [-0.4, -0.2) is 58.5 Å². The van der Waals surface area contributed by atoms with E-state index in [1.54, 1.807) is 0 Å². The molecule has 0 aromatic rings. The lowest BCUT2D eigenvalue weighted by Gasteiger charge is -2.30. The van der Waals surface area contributed by atoms with Gasteiger partial charge in [-0.3, -0.25) is 4.79 Å². The lowest BCUT2D eigenvalue weighted by Crippen LogP contribution is -2.56. The minimum Gasteiger partial charge on any atom is -0.375 e. The number of hydrogen-bond acceptors (Lipinski definition) is 5. The lowest BCUT2D eigenvalue weighted by molar-refractivity contribution is -0.129. The number of amides is 1. The predicted octanol–water partition coefficient (Wildman–Crippen LogP) is -0.381. The zero-order valence-electron chi connectivity index (χ0n) is 13.0. The van der Waals surface area contributed by atoms with E-state index in [0.717, 1.165) is 19.3 Å². The van der Waals surface area contributed by atoms with E-state index in [1.807, 2.05) is 6.92 Å². The maximum Gasteiger partial charge on any atom is 0.239 e. The molecule has 2 fully saturated rings. The Kier molecular flexibility index (Phi) is 7.54. The van der Waals surface area contributed by atoms with Crippen molar-refractivity contribution in [3.8, 4) is 0 Å². The van der Waals surface area contributed by atoms with Gasteiger partial charge in [-0.15, -0.1) is 12.4 Å². The van der Waals surface area contributed by atoms with Crippen molar-refractivity contribution in [1.29, 1.82) is 0 Å². The molecular weight excluding hydrogens is 330 g/mol. The van der Waals surface area contributed by atoms with Crippen LogP contribution in [0.1, 0.15) is 26.2 Å². The minimum absolute atomic E-state index is 0. The second-order valence-corrected chi connectivity index (χ2v) is 7.72. The minimum atomic E-state index is -3.20. The van der Waals surface area contributed by atoms with Gasteiger partial charge in [0.1, 0.15) is 6.04 Å². The van der Waals surface area contributed by atoms with Crippen molar-refractivity contribution in [2.75, 3.05) is 26.0 Å². The Bertz CT molecular complexity index is 474. The summed E-state index contributed by atoms with van der Waals surface area (Å²) < 4.78 is 30.8. The number of ether oxygens (including phenoxy) is 1. The molecule has 2 rings (SSSR count). The number of carbonyl (C=O) groups is 1. The fourth-order valence-corrected chi connectivity index (χ4v) is 3.94. The summed E-state index contributed by atoms with van der Waals surface area (Å²) in [4.78, 5) is 12.2. The summed E-state index contributed by atoms with van der Waals surface area (Å²) in [7, 11) is -3.20. The van der Waals surface area contributed by atoms with Crippen LogP contribution in [0.25, 0.3) is 0 Å². The zero-order valence-corrected chi connectivity index (χ0v) is 14.6. The maximum atomic E-state index is 12.2. The van der Waals surface area contributed by atoms with Gasteiger partial charge < -0.3 is 15.4 Å². The molecule has 9 heteroatoms. The van der Waals surface area contributed by atoms with Gasteiger partial charge in [0.15, 0.2) is 0 Å². The smallest absolute Gasteiger partial charge is 0.239 e. The summed E-state index contributed by atoms with van der Waals surface area (Å²) >= 11 is 0. The van der Waals surface area contributed by atoms with Gasteiger partial charge in [0, 0.05) is 19.1 Å². The zero-order chi connectivity index (χ0) is 15.5. The molecule has 1 saturated heterocycles. The quantitative estimate of drug-likeness (QED) is 0.624. The Morgan fingerprint density at radius 3 is 2.73 bits per heavy atom. The van der Waals surface area contributed by atoms with E-state index in [-0.39, 0.29) is 42.4 Å². The van der Waals surface area contributed by atoms with Gasteiger partial charge in [-0.1, -0.05) is 6.42 Å². The van der Waals surface area contributed by atoms with Crippen LogP contribution >= 0.6 is 12.4 Å². The molecule has 1 saturated carbocycles. The molecule has 0 aromatic carbocycles. The SMILES string of the molecule is C[C@H]1OCCN[C@@H]1C(=O)NCC1CCCC1NS(C)(=O)=O.Cl. The van der Waals surface area contributed by atoms with Crippen molar-refractivity contribution in [2.45, 2.75) is 44.4 Å². The molecule has 4 atom stereocenters. The molecule has 2 aliphatic rings. The van der Waals surface area contributed by atoms with Crippen LogP contribution in [0, 0.1) is 5.92 Å². The van der Waals surface area contributed by atoms with Crippen molar-refractivity contribution in [2.24, 2.45) is 5.92 Å². The summed E-state index contributed by atoms with van der Waals surface area (Å²) in [6.45, 7) is 3.66. The monoisotopic (exact) mass is 355 g/mol. The van der Waals surface area contributed by atoms with Gasteiger partial charge in [0.05, 0.1) is 19.0 Å². The molecule has 3 N–H and O–H groups in total. The Labute approximate surface area is 138 Å². The van der Waals surface area contributed by atoms with Gasteiger partial charge in [-0.25, -0.2) is 13.1 Å². The molecule has 1 heterocycles. The molecule has 0 aromatic heterocycles. The predicted molar refractivity (Wildman–Crippen MR) is 86.6 cm³/mol. The van der Waals surface area contributed by atoms with E-state index in [4.69, 9.17) is 4.74 Å². The van der Waals surface area contributed by atoms with Crippen LogP contribution in [0.2, 0.25) is 0 Å². The van der Waals surface area contributed by atoms with E-state index in [2.05, 4.69) is 15.4 Å². The average Bonchev–Trinajstić information content (AvgIpc) is 2.81. The summed E-state index contributed by atoms with van der Waals surface area (Å²) in [5.41, 5.74) is 0. The molecule has 1 aliphatic carbocycles. The molecule has 1 amide bonds. The normalized spacial score (nSPS) is 32.3. The van der Waals surface area contributed by atoms with E-state index in [0.29, 0.717) is 19.7 Å². The molecule has 0 radical (unpaired) electrons. The Balaban J connectivity index is 0.00000242. The summed E-state index contributed by atoms with van der Waals surface area (Å²) in [5.74, 6) is 0.0793. The second kappa shape index (κ2) is 8.44. The molecule has 2 unspecified atom stereocenters. The highest BCUT2D eigenvalue weighted by Crippen LogP contribution is 2.25. The first kappa shape index (κ1) is 19.6. The first-order valence-electron chi connectivity index (χ1n) is 7.47. The molecule has 130 valence electrons. The number of morpholine rings is 1. The van der Waals surface area contributed by atoms with Gasteiger partial charge in [-0.05, 0) is 25.7 Å². The van der Waals surface area contributed by atoms with Gasteiger partial charge in [-0.2, -0.15) is 0 Å². The first-order chi connectivity index (χ1) is 9.87. The maximum absolute atomic E-state index is 12.2. The third-order valence-corrected chi connectivity index (χ3v) is 4.89. The molecule has 22 heavy (non-hydrogen) atoms. The standard InChI is InChI=1S/C13H25N3O4S.ClH/c1-9-12(14-6-7-20-9)13(17)15-8-10-4-3-5-11(10)16-21(2,18)19;/h9-12,14,16H,3-8H2,1-2H3,(H,15,17);1H/t9-,10?,11?,12+;/m1./s1. The Hall–Kier alpha value is -0.410. The molecule has 1 aliphatic heterocycles. The van der Waals surface area contributed by atoms with Crippen molar-refractivity contribution < 1.29 is 17.9 Å². The van der Waals surface area contributed by atoms with Crippen LogP contribution in [0.5, 0.6) is 0 Å². The summed E-state index contributed by atoms with van der Waals surface area (Å²) in [5, 5.41) is 6.07. The fraction of sp³-hybridized carbons (Fsp3) is 0.923. The number of rotatable bonds is 5. The third-order valence-electron chi connectivity index (χ3n) is 4.16. The van der Waals surface area contributed by atoms with E-state index in [1.165, 1.54) is 6.26 Å². The van der Waals surface area contributed by atoms with Crippen molar-refractivity contribution in [3.05, 3.63) is 0 Å². The second-order valence-electron chi connectivity index (χ2n) is 5.94. The fourth-order valence-electron chi connectivity index (χ4n) is 3.08. The summed E-state index contributed by atoms with van der Waals surface area (Å²) in [6, 6.07) is -0.408. The molecule has 0 spiro atoms. The molecule has 0 bridgehead atoms. The number of sulfonamides is 1. The van der Waals surface area contributed by atoms with E-state index in [9.17, 15) is 13.2 Å². The van der Waals surface area contributed by atoms with Gasteiger partial charge in [0.2, 0.25) is 15.9 Å². The number of nitrogens with one attached hydrogen (secondary N) is 3. The number of halogens is 1. The average molecular weight is 356 g/mol. The topological polar surface area (TPSA) is 96.5 Å². The van der Waals surface area contributed by atoms with E-state index < -0.39 is 10.0 Å². The summed E-state index contributed by atoms with van der Waals surface area (Å²) in [6.07, 6.45) is 3.76. The Morgan fingerprint density at radius 1 is 1.36 bits per heavy atom. The van der Waals surface area contributed by atoms with E-state index >= 15 is 0 Å². The third kappa shape index (κ3) is 5.66.